The van der Waals surface area contributed by atoms with Gasteiger partial charge in [0.25, 0.3) is 0 Å². The fraction of sp³-hybridized carbons (Fsp3) is 0.895. The number of hydrogen-bond donors (Lipinski definition) is 0. The number of amides is 1. The SMILES string of the molecule is Cc1nnnn1CCCN1CCC[C@@]2(CCC(=O)N(CCC(C)C)C2)C1. The van der Waals surface area contributed by atoms with Crippen LogP contribution in [0.25, 0.3) is 0 Å². The van der Waals surface area contributed by atoms with Gasteiger partial charge in [-0.15, -0.1) is 5.10 Å². The summed E-state index contributed by atoms with van der Waals surface area (Å²) in [5.74, 6) is 1.90. The van der Waals surface area contributed by atoms with Crippen molar-refractivity contribution in [2.24, 2.45) is 11.3 Å². The van der Waals surface area contributed by atoms with Crippen molar-refractivity contribution >= 4 is 5.91 Å². The molecule has 2 fully saturated rings. The van der Waals surface area contributed by atoms with Gasteiger partial charge in [0.05, 0.1) is 0 Å². The molecule has 1 amide bonds. The van der Waals surface area contributed by atoms with Gasteiger partial charge in [0.15, 0.2) is 0 Å². The third kappa shape index (κ3) is 4.81. The molecule has 7 heteroatoms. The first-order valence-corrected chi connectivity index (χ1v) is 10.2. The van der Waals surface area contributed by atoms with Gasteiger partial charge in [-0.25, -0.2) is 4.68 Å². The second kappa shape index (κ2) is 8.46. The molecule has 7 nitrogen and oxygen atoms in total. The predicted octanol–water partition coefficient (Wildman–Crippen LogP) is 2.12. The van der Waals surface area contributed by atoms with Crippen LogP contribution in [-0.2, 0) is 11.3 Å². The molecular formula is C19H34N6O. The molecule has 1 aromatic rings. The normalized spacial score (nSPS) is 24.8. The zero-order valence-electron chi connectivity index (χ0n) is 16.7. The van der Waals surface area contributed by atoms with Gasteiger partial charge in [-0.05, 0) is 68.5 Å². The van der Waals surface area contributed by atoms with Crippen molar-refractivity contribution in [3.8, 4) is 0 Å². The summed E-state index contributed by atoms with van der Waals surface area (Å²) in [7, 11) is 0. The van der Waals surface area contributed by atoms with Crippen LogP contribution in [0.4, 0.5) is 0 Å². The summed E-state index contributed by atoms with van der Waals surface area (Å²) in [5.41, 5.74) is 0.313. The molecule has 0 aromatic carbocycles. The Morgan fingerprint density at radius 3 is 2.73 bits per heavy atom. The van der Waals surface area contributed by atoms with Gasteiger partial charge in [0, 0.05) is 38.0 Å². The number of tetrazole rings is 1. The summed E-state index contributed by atoms with van der Waals surface area (Å²) in [4.78, 5) is 17.1. The lowest BCUT2D eigenvalue weighted by atomic mass is 9.73. The lowest BCUT2D eigenvalue weighted by Gasteiger charge is -2.48. The molecule has 146 valence electrons. The van der Waals surface area contributed by atoms with E-state index >= 15 is 0 Å². The Kier molecular flexibility index (Phi) is 6.27. The van der Waals surface area contributed by atoms with E-state index in [0.29, 0.717) is 17.2 Å². The van der Waals surface area contributed by atoms with Crippen LogP contribution in [0, 0.1) is 18.3 Å². The van der Waals surface area contributed by atoms with E-state index in [-0.39, 0.29) is 0 Å². The molecule has 0 unspecified atom stereocenters. The summed E-state index contributed by atoms with van der Waals surface area (Å²) in [6.45, 7) is 12.6. The van der Waals surface area contributed by atoms with Crippen molar-refractivity contribution in [2.75, 3.05) is 32.7 Å². The van der Waals surface area contributed by atoms with E-state index in [4.69, 9.17) is 0 Å². The molecule has 0 radical (unpaired) electrons. The van der Waals surface area contributed by atoms with Crippen LogP contribution in [-0.4, -0.2) is 68.6 Å². The Labute approximate surface area is 157 Å². The molecule has 1 aromatic heterocycles. The maximum atomic E-state index is 12.3. The molecule has 0 aliphatic carbocycles. The molecule has 1 atom stereocenters. The van der Waals surface area contributed by atoms with Crippen molar-refractivity contribution < 1.29 is 4.79 Å². The largest absolute Gasteiger partial charge is 0.342 e. The van der Waals surface area contributed by atoms with Gasteiger partial charge in [-0.1, -0.05) is 13.8 Å². The Morgan fingerprint density at radius 2 is 2.00 bits per heavy atom. The van der Waals surface area contributed by atoms with Crippen LogP contribution in [0.1, 0.15) is 58.2 Å². The van der Waals surface area contributed by atoms with Crippen molar-refractivity contribution in [1.29, 1.82) is 0 Å². The van der Waals surface area contributed by atoms with Gasteiger partial charge >= 0.3 is 0 Å². The Balaban J connectivity index is 1.51. The summed E-state index contributed by atoms with van der Waals surface area (Å²) < 4.78 is 1.88. The highest BCUT2D eigenvalue weighted by Gasteiger charge is 2.41. The van der Waals surface area contributed by atoms with Crippen LogP contribution in [0.15, 0.2) is 0 Å². The highest BCUT2D eigenvalue weighted by molar-refractivity contribution is 5.77. The molecule has 2 aliphatic heterocycles. The number of rotatable bonds is 7. The van der Waals surface area contributed by atoms with Gasteiger partial charge in [0.2, 0.25) is 5.91 Å². The highest BCUT2D eigenvalue weighted by atomic mass is 16.2. The van der Waals surface area contributed by atoms with Crippen LogP contribution in [0.5, 0.6) is 0 Å². The van der Waals surface area contributed by atoms with Gasteiger partial charge in [0.1, 0.15) is 5.82 Å². The molecular weight excluding hydrogens is 328 g/mol. The van der Waals surface area contributed by atoms with Crippen LogP contribution in [0.3, 0.4) is 0 Å². The Morgan fingerprint density at radius 1 is 1.15 bits per heavy atom. The van der Waals surface area contributed by atoms with E-state index < -0.39 is 0 Å². The minimum Gasteiger partial charge on any atom is -0.342 e. The van der Waals surface area contributed by atoms with Crippen LogP contribution < -0.4 is 0 Å². The summed E-state index contributed by atoms with van der Waals surface area (Å²) in [6, 6.07) is 0. The quantitative estimate of drug-likeness (QED) is 0.743. The van der Waals surface area contributed by atoms with Crippen LogP contribution >= 0.6 is 0 Å². The lowest BCUT2D eigenvalue weighted by Crippen LogP contribution is -2.54. The fourth-order valence-corrected chi connectivity index (χ4v) is 4.45. The number of aryl methyl sites for hydroxylation is 2. The molecule has 26 heavy (non-hydrogen) atoms. The summed E-state index contributed by atoms with van der Waals surface area (Å²) in [6.07, 6.45) is 6.48. The standard InChI is InChI=1S/C19H34N6O/c1-16(2)7-13-24-15-19(9-6-18(24)26)8-4-10-23(14-19)11-5-12-25-17(3)20-21-22-25/h16H,4-15H2,1-3H3/t19-/m1/s1. The first kappa shape index (κ1) is 19.3. The Bertz CT molecular complexity index is 601. The zero-order valence-corrected chi connectivity index (χ0v) is 16.7. The number of carbonyl (C=O) groups is 1. The highest BCUT2D eigenvalue weighted by Crippen LogP contribution is 2.39. The molecule has 2 saturated heterocycles. The molecule has 3 rings (SSSR count). The average molecular weight is 363 g/mol. The van der Waals surface area contributed by atoms with Gasteiger partial charge in [-0.3, -0.25) is 4.79 Å². The van der Waals surface area contributed by atoms with E-state index in [0.717, 1.165) is 64.2 Å². The fourth-order valence-electron chi connectivity index (χ4n) is 4.45. The topological polar surface area (TPSA) is 67.2 Å². The van der Waals surface area contributed by atoms with E-state index in [1.54, 1.807) is 0 Å². The molecule has 0 saturated carbocycles. The zero-order chi connectivity index (χ0) is 18.6. The first-order valence-electron chi connectivity index (χ1n) is 10.2. The lowest BCUT2D eigenvalue weighted by molar-refractivity contribution is -0.139. The summed E-state index contributed by atoms with van der Waals surface area (Å²) in [5, 5.41) is 11.7. The molecule has 1 spiro atoms. The second-order valence-electron chi connectivity index (χ2n) is 8.68. The number of nitrogens with zero attached hydrogens (tertiary/aromatic N) is 6. The summed E-state index contributed by atoms with van der Waals surface area (Å²) >= 11 is 0. The third-order valence-electron chi connectivity index (χ3n) is 6.02. The van der Waals surface area contributed by atoms with E-state index in [9.17, 15) is 4.79 Å². The first-order chi connectivity index (χ1) is 12.5. The molecule has 0 bridgehead atoms. The van der Waals surface area contributed by atoms with Crippen molar-refractivity contribution in [2.45, 2.75) is 65.8 Å². The van der Waals surface area contributed by atoms with Crippen molar-refractivity contribution in [1.82, 2.24) is 30.0 Å². The van der Waals surface area contributed by atoms with Crippen molar-refractivity contribution in [3.05, 3.63) is 5.82 Å². The van der Waals surface area contributed by atoms with Gasteiger partial charge < -0.3 is 9.80 Å². The number of piperidine rings is 2. The van der Waals surface area contributed by atoms with Gasteiger partial charge in [-0.2, -0.15) is 0 Å². The Hall–Kier alpha value is -1.50. The number of hydrogen-bond acceptors (Lipinski definition) is 5. The van der Waals surface area contributed by atoms with E-state index in [2.05, 4.69) is 39.2 Å². The minimum atomic E-state index is 0.313. The third-order valence-corrected chi connectivity index (χ3v) is 6.02. The molecule has 3 heterocycles. The second-order valence-corrected chi connectivity index (χ2v) is 8.68. The maximum Gasteiger partial charge on any atom is 0.222 e. The van der Waals surface area contributed by atoms with E-state index in [1.807, 2.05) is 11.6 Å². The average Bonchev–Trinajstić information content (AvgIpc) is 3.01. The molecule has 0 N–H and O–H groups in total. The maximum absolute atomic E-state index is 12.3. The smallest absolute Gasteiger partial charge is 0.222 e. The minimum absolute atomic E-state index is 0.313. The monoisotopic (exact) mass is 362 g/mol. The van der Waals surface area contributed by atoms with E-state index in [1.165, 1.54) is 19.4 Å². The van der Waals surface area contributed by atoms with Crippen LogP contribution in [0.2, 0.25) is 0 Å². The van der Waals surface area contributed by atoms with Crippen molar-refractivity contribution in [3.63, 3.8) is 0 Å². The number of carbonyl (C=O) groups excluding carboxylic acids is 1. The number of aromatic nitrogens is 4. The number of likely N-dealkylation sites (tertiary alicyclic amines) is 2. The predicted molar refractivity (Wildman–Crippen MR) is 101 cm³/mol. The molecule has 2 aliphatic rings.